The molecular formula is C10H13NOS. The SMILES string of the molecule is NC1c2ccccc2CC(S)C1O. The molecule has 0 saturated heterocycles. The lowest BCUT2D eigenvalue weighted by Gasteiger charge is -2.31. The average Bonchev–Trinajstić information content (AvgIpc) is 2.15. The Hall–Kier alpha value is -0.510. The fourth-order valence-corrected chi connectivity index (χ4v) is 2.20. The molecule has 0 aliphatic heterocycles. The van der Waals surface area contributed by atoms with Gasteiger partial charge in [-0.1, -0.05) is 24.3 Å². The molecule has 0 spiro atoms. The Balaban J connectivity index is 2.43. The Morgan fingerprint density at radius 2 is 2.08 bits per heavy atom. The van der Waals surface area contributed by atoms with Gasteiger partial charge in [0.2, 0.25) is 0 Å². The molecule has 1 aromatic rings. The van der Waals surface area contributed by atoms with Crippen molar-refractivity contribution in [2.24, 2.45) is 5.73 Å². The highest BCUT2D eigenvalue weighted by Crippen LogP contribution is 2.30. The van der Waals surface area contributed by atoms with Crippen LogP contribution in [0.2, 0.25) is 0 Å². The molecule has 3 unspecified atom stereocenters. The molecule has 0 radical (unpaired) electrons. The van der Waals surface area contributed by atoms with Crippen molar-refractivity contribution in [2.75, 3.05) is 0 Å². The number of benzene rings is 1. The van der Waals surface area contributed by atoms with E-state index in [1.807, 2.05) is 24.3 Å². The summed E-state index contributed by atoms with van der Waals surface area (Å²) in [6, 6.07) is 7.67. The topological polar surface area (TPSA) is 46.2 Å². The van der Waals surface area contributed by atoms with Gasteiger partial charge in [-0.2, -0.15) is 12.6 Å². The van der Waals surface area contributed by atoms with Gasteiger partial charge in [0.05, 0.1) is 12.1 Å². The van der Waals surface area contributed by atoms with Crippen molar-refractivity contribution in [2.45, 2.75) is 23.8 Å². The first-order valence-electron chi connectivity index (χ1n) is 4.39. The fraction of sp³-hybridized carbons (Fsp3) is 0.400. The van der Waals surface area contributed by atoms with Crippen LogP contribution >= 0.6 is 12.6 Å². The number of aliphatic hydroxyl groups excluding tert-OH is 1. The first kappa shape index (κ1) is 9.06. The molecule has 2 rings (SSSR count). The number of hydrogen-bond donors (Lipinski definition) is 3. The van der Waals surface area contributed by atoms with Gasteiger partial charge >= 0.3 is 0 Å². The minimum absolute atomic E-state index is 0.0371. The van der Waals surface area contributed by atoms with Crippen LogP contribution in [0.5, 0.6) is 0 Å². The molecule has 1 aromatic carbocycles. The van der Waals surface area contributed by atoms with Crippen molar-refractivity contribution in [1.29, 1.82) is 0 Å². The number of nitrogens with two attached hydrogens (primary N) is 1. The first-order valence-corrected chi connectivity index (χ1v) is 4.91. The van der Waals surface area contributed by atoms with Crippen LogP contribution in [-0.2, 0) is 6.42 Å². The van der Waals surface area contributed by atoms with Crippen molar-refractivity contribution >= 4 is 12.6 Å². The van der Waals surface area contributed by atoms with Crippen molar-refractivity contribution < 1.29 is 5.11 Å². The fourth-order valence-electron chi connectivity index (χ4n) is 1.81. The maximum atomic E-state index is 9.69. The van der Waals surface area contributed by atoms with Crippen LogP contribution < -0.4 is 5.73 Å². The van der Waals surface area contributed by atoms with Gasteiger partial charge in [-0.25, -0.2) is 0 Å². The van der Waals surface area contributed by atoms with Gasteiger partial charge in [0.25, 0.3) is 0 Å². The zero-order chi connectivity index (χ0) is 9.42. The van der Waals surface area contributed by atoms with Crippen LogP contribution in [0.25, 0.3) is 0 Å². The predicted molar refractivity (Wildman–Crippen MR) is 55.9 cm³/mol. The van der Waals surface area contributed by atoms with Crippen LogP contribution in [0, 0.1) is 0 Å². The lowest BCUT2D eigenvalue weighted by molar-refractivity contribution is 0.134. The van der Waals surface area contributed by atoms with Gasteiger partial charge in [0, 0.05) is 5.25 Å². The van der Waals surface area contributed by atoms with E-state index in [1.54, 1.807) is 0 Å². The van der Waals surface area contributed by atoms with Gasteiger partial charge < -0.3 is 10.8 Å². The van der Waals surface area contributed by atoms with Gasteiger partial charge in [-0.15, -0.1) is 0 Å². The lowest BCUT2D eigenvalue weighted by atomic mass is 9.86. The summed E-state index contributed by atoms with van der Waals surface area (Å²) in [4.78, 5) is 0. The number of fused-ring (bicyclic) bond motifs is 1. The van der Waals surface area contributed by atoms with Gasteiger partial charge in [-0.05, 0) is 17.5 Å². The van der Waals surface area contributed by atoms with Crippen LogP contribution in [0.15, 0.2) is 24.3 Å². The van der Waals surface area contributed by atoms with Gasteiger partial charge in [-0.3, -0.25) is 0 Å². The normalized spacial score (nSPS) is 32.7. The molecule has 3 heteroatoms. The lowest BCUT2D eigenvalue weighted by Crippen LogP contribution is -2.39. The highest BCUT2D eigenvalue weighted by molar-refractivity contribution is 7.81. The molecule has 2 nitrogen and oxygen atoms in total. The maximum Gasteiger partial charge on any atom is 0.0851 e. The molecule has 1 aliphatic carbocycles. The summed E-state index contributed by atoms with van der Waals surface area (Å²) in [5.74, 6) is 0. The highest BCUT2D eigenvalue weighted by Gasteiger charge is 2.30. The van der Waals surface area contributed by atoms with E-state index in [0.717, 1.165) is 12.0 Å². The van der Waals surface area contributed by atoms with E-state index >= 15 is 0 Å². The van der Waals surface area contributed by atoms with Crippen LogP contribution in [0.1, 0.15) is 17.2 Å². The maximum absolute atomic E-state index is 9.69. The van der Waals surface area contributed by atoms with E-state index < -0.39 is 6.10 Å². The smallest absolute Gasteiger partial charge is 0.0851 e. The highest BCUT2D eigenvalue weighted by atomic mass is 32.1. The van der Waals surface area contributed by atoms with E-state index in [1.165, 1.54) is 5.56 Å². The number of thiol groups is 1. The van der Waals surface area contributed by atoms with Gasteiger partial charge in [0.15, 0.2) is 0 Å². The second-order valence-corrected chi connectivity index (χ2v) is 4.15. The molecule has 3 N–H and O–H groups in total. The second-order valence-electron chi connectivity index (χ2n) is 3.49. The van der Waals surface area contributed by atoms with E-state index in [2.05, 4.69) is 12.6 Å². The number of rotatable bonds is 0. The third-order valence-corrected chi connectivity index (χ3v) is 3.09. The summed E-state index contributed by atoms with van der Waals surface area (Å²) in [6.45, 7) is 0. The van der Waals surface area contributed by atoms with E-state index in [4.69, 9.17) is 5.73 Å². The Labute approximate surface area is 83.2 Å². The Morgan fingerprint density at radius 1 is 1.38 bits per heavy atom. The minimum Gasteiger partial charge on any atom is -0.390 e. The minimum atomic E-state index is -0.529. The first-order chi connectivity index (χ1) is 6.20. The monoisotopic (exact) mass is 195 g/mol. The number of hydrogen-bond acceptors (Lipinski definition) is 3. The number of aliphatic hydroxyl groups is 1. The molecule has 13 heavy (non-hydrogen) atoms. The molecular weight excluding hydrogens is 182 g/mol. The molecule has 0 saturated carbocycles. The molecule has 0 aromatic heterocycles. The molecule has 70 valence electrons. The summed E-state index contributed by atoms with van der Waals surface area (Å²) in [7, 11) is 0. The Bertz CT molecular complexity index is 316. The molecule has 0 heterocycles. The largest absolute Gasteiger partial charge is 0.390 e. The van der Waals surface area contributed by atoms with E-state index in [-0.39, 0.29) is 11.3 Å². The molecule has 0 bridgehead atoms. The van der Waals surface area contributed by atoms with Crippen LogP contribution in [-0.4, -0.2) is 16.5 Å². The van der Waals surface area contributed by atoms with Crippen molar-refractivity contribution in [1.82, 2.24) is 0 Å². The predicted octanol–water partition coefficient (Wildman–Crippen LogP) is 0.902. The zero-order valence-electron chi connectivity index (χ0n) is 7.22. The zero-order valence-corrected chi connectivity index (χ0v) is 8.11. The van der Waals surface area contributed by atoms with Crippen molar-refractivity contribution in [3.8, 4) is 0 Å². The summed E-state index contributed by atoms with van der Waals surface area (Å²) in [5.41, 5.74) is 8.15. The molecule has 0 fully saturated rings. The molecule has 0 amide bonds. The third-order valence-electron chi connectivity index (χ3n) is 2.61. The average molecular weight is 195 g/mol. The van der Waals surface area contributed by atoms with Crippen molar-refractivity contribution in [3.63, 3.8) is 0 Å². The van der Waals surface area contributed by atoms with E-state index in [0.29, 0.717) is 0 Å². The second kappa shape index (κ2) is 3.33. The molecule has 1 aliphatic rings. The summed E-state index contributed by atoms with van der Waals surface area (Å²) < 4.78 is 0. The van der Waals surface area contributed by atoms with Gasteiger partial charge in [0.1, 0.15) is 0 Å². The van der Waals surface area contributed by atoms with Crippen molar-refractivity contribution in [3.05, 3.63) is 35.4 Å². The summed E-state index contributed by atoms with van der Waals surface area (Å²) >= 11 is 4.31. The van der Waals surface area contributed by atoms with Crippen LogP contribution in [0.4, 0.5) is 0 Å². The standard InChI is InChI=1S/C10H13NOS/c11-9-7-4-2-1-3-6(7)5-8(13)10(9)12/h1-4,8-10,12-13H,5,11H2. The summed E-state index contributed by atoms with van der Waals surface area (Å²) in [6.07, 6.45) is 0.270. The molecule has 3 atom stereocenters. The Kier molecular flexibility index (Phi) is 2.32. The Morgan fingerprint density at radius 3 is 2.85 bits per heavy atom. The third kappa shape index (κ3) is 1.47. The quantitative estimate of drug-likeness (QED) is 0.539. The van der Waals surface area contributed by atoms with E-state index in [9.17, 15) is 5.11 Å². The van der Waals surface area contributed by atoms with Crippen LogP contribution in [0.3, 0.4) is 0 Å². The summed E-state index contributed by atoms with van der Waals surface area (Å²) in [5, 5.41) is 9.65.